The summed E-state index contributed by atoms with van der Waals surface area (Å²) < 4.78 is 12.9. The topological polar surface area (TPSA) is 37.6 Å². The van der Waals surface area contributed by atoms with E-state index in [1.54, 1.807) is 30.7 Å². The van der Waals surface area contributed by atoms with Gasteiger partial charge >= 0.3 is 0 Å². The van der Waals surface area contributed by atoms with Crippen molar-refractivity contribution in [2.45, 2.75) is 6.04 Å². The maximum absolute atomic E-state index is 12.9. The maximum Gasteiger partial charge on any atom is 0.123 e. The molecule has 19 heavy (non-hydrogen) atoms. The fourth-order valence-electron chi connectivity index (χ4n) is 2.02. The lowest BCUT2D eigenvalue weighted by molar-refractivity contribution is 0.627. The van der Waals surface area contributed by atoms with E-state index in [4.69, 9.17) is 0 Å². The van der Waals surface area contributed by atoms with Gasteiger partial charge < -0.3 is 0 Å². The molecule has 1 aliphatic rings. The number of aromatic nitrogens is 1. The summed E-state index contributed by atoms with van der Waals surface area (Å²) in [5.74, 6) is -0.247. The Kier molecular flexibility index (Phi) is 3.14. The van der Waals surface area contributed by atoms with Gasteiger partial charge in [0.1, 0.15) is 5.82 Å². The molecule has 0 radical (unpaired) electrons. The van der Waals surface area contributed by atoms with Gasteiger partial charge in [-0.3, -0.25) is 15.0 Å². The zero-order valence-corrected chi connectivity index (χ0v) is 10.2. The van der Waals surface area contributed by atoms with Gasteiger partial charge in [0.25, 0.3) is 0 Å². The normalized spacial score (nSPS) is 18.2. The Labute approximate surface area is 110 Å². The van der Waals surface area contributed by atoms with Gasteiger partial charge in [-0.15, -0.1) is 0 Å². The van der Waals surface area contributed by atoms with E-state index in [1.165, 1.54) is 12.1 Å². The van der Waals surface area contributed by atoms with Gasteiger partial charge in [-0.05, 0) is 42.0 Å². The number of aliphatic imine (C=N–C) groups is 2. The van der Waals surface area contributed by atoms with E-state index >= 15 is 0 Å². The average molecular weight is 253 g/mol. The minimum atomic E-state index is -0.247. The Morgan fingerprint density at radius 3 is 2.47 bits per heavy atom. The molecule has 0 fully saturated rings. The molecule has 94 valence electrons. The summed E-state index contributed by atoms with van der Waals surface area (Å²) in [5.41, 5.74) is 2.75. The fraction of sp³-hybridized carbons (Fsp3) is 0.133. The van der Waals surface area contributed by atoms with Crippen molar-refractivity contribution in [1.82, 2.24) is 4.98 Å². The highest BCUT2D eigenvalue weighted by Gasteiger charge is 2.14. The Morgan fingerprint density at radius 1 is 1.00 bits per heavy atom. The standard InChI is InChI=1S/C15H12FN3/c16-13-3-1-11(2-4-13)14-9-18-10-15(19-14)12-5-7-17-8-6-12/h1-9,15H,10H2. The number of benzene rings is 1. The fourth-order valence-corrected chi connectivity index (χ4v) is 2.02. The smallest absolute Gasteiger partial charge is 0.123 e. The quantitative estimate of drug-likeness (QED) is 0.811. The molecule has 0 saturated heterocycles. The lowest BCUT2D eigenvalue weighted by atomic mass is 10.1. The summed E-state index contributed by atoms with van der Waals surface area (Å²) in [6.45, 7) is 0.634. The van der Waals surface area contributed by atoms with Crippen LogP contribution in [0.15, 0.2) is 58.8 Å². The molecular weight excluding hydrogens is 241 g/mol. The second-order valence-electron chi connectivity index (χ2n) is 4.31. The lowest BCUT2D eigenvalue weighted by Gasteiger charge is -2.16. The first-order valence-electron chi connectivity index (χ1n) is 6.06. The molecule has 4 heteroatoms. The molecule has 0 N–H and O–H groups in total. The molecule has 0 amide bonds. The Morgan fingerprint density at radius 2 is 1.74 bits per heavy atom. The van der Waals surface area contributed by atoms with Gasteiger partial charge in [-0.25, -0.2) is 4.39 Å². The summed E-state index contributed by atoms with van der Waals surface area (Å²) in [7, 11) is 0. The van der Waals surface area contributed by atoms with Crippen LogP contribution < -0.4 is 0 Å². The van der Waals surface area contributed by atoms with E-state index < -0.39 is 0 Å². The van der Waals surface area contributed by atoms with Crippen LogP contribution in [0, 0.1) is 5.82 Å². The molecule has 2 aromatic rings. The molecule has 1 unspecified atom stereocenters. The number of hydrogen-bond donors (Lipinski definition) is 0. The van der Waals surface area contributed by atoms with E-state index in [9.17, 15) is 4.39 Å². The molecule has 3 nitrogen and oxygen atoms in total. The van der Waals surface area contributed by atoms with Crippen LogP contribution in [-0.2, 0) is 0 Å². The van der Waals surface area contributed by atoms with Crippen LogP contribution in [0.5, 0.6) is 0 Å². The van der Waals surface area contributed by atoms with Gasteiger partial charge in [0, 0.05) is 24.2 Å². The molecule has 1 aliphatic heterocycles. The molecule has 3 rings (SSSR count). The predicted molar refractivity (Wildman–Crippen MR) is 73.3 cm³/mol. The summed E-state index contributed by atoms with van der Waals surface area (Å²) in [6.07, 6.45) is 5.24. The lowest BCUT2D eigenvalue weighted by Crippen LogP contribution is -2.14. The second-order valence-corrected chi connectivity index (χ2v) is 4.31. The van der Waals surface area contributed by atoms with Crippen LogP contribution >= 0.6 is 0 Å². The highest BCUT2D eigenvalue weighted by Crippen LogP contribution is 2.20. The third-order valence-corrected chi connectivity index (χ3v) is 3.02. The monoisotopic (exact) mass is 253 g/mol. The minimum Gasteiger partial charge on any atom is -0.288 e. The molecule has 0 saturated carbocycles. The van der Waals surface area contributed by atoms with Crippen molar-refractivity contribution >= 4 is 11.9 Å². The first-order chi connectivity index (χ1) is 9.33. The van der Waals surface area contributed by atoms with E-state index in [0.29, 0.717) is 6.54 Å². The summed E-state index contributed by atoms with van der Waals surface area (Å²) >= 11 is 0. The van der Waals surface area contributed by atoms with Crippen LogP contribution in [-0.4, -0.2) is 23.5 Å². The number of nitrogens with zero attached hydrogens (tertiary/aromatic N) is 3. The third-order valence-electron chi connectivity index (χ3n) is 3.02. The van der Waals surface area contributed by atoms with Crippen LogP contribution in [0.25, 0.3) is 0 Å². The molecule has 0 aliphatic carbocycles. The van der Waals surface area contributed by atoms with Crippen LogP contribution in [0.3, 0.4) is 0 Å². The summed E-state index contributed by atoms with van der Waals surface area (Å²) in [4.78, 5) is 13.0. The molecule has 1 aromatic carbocycles. The van der Waals surface area contributed by atoms with Gasteiger partial charge in [-0.1, -0.05) is 0 Å². The van der Waals surface area contributed by atoms with Gasteiger partial charge in [0.05, 0.1) is 18.3 Å². The Hall–Kier alpha value is -2.36. The van der Waals surface area contributed by atoms with Crippen LogP contribution in [0.4, 0.5) is 4.39 Å². The molecule has 2 heterocycles. The highest BCUT2D eigenvalue weighted by molar-refractivity contribution is 6.38. The first-order valence-corrected chi connectivity index (χ1v) is 6.06. The second kappa shape index (κ2) is 5.10. The van der Waals surface area contributed by atoms with Crippen molar-refractivity contribution < 1.29 is 4.39 Å². The largest absolute Gasteiger partial charge is 0.288 e. The Balaban J connectivity index is 1.92. The van der Waals surface area contributed by atoms with Gasteiger partial charge in [-0.2, -0.15) is 0 Å². The van der Waals surface area contributed by atoms with Crippen molar-refractivity contribution in [2.75, 3.05) is 6.54 Å². The average Bonchev–Trinajstić information content (AvgIpc) is 2.49. The summed E-state index contributed by atoms with van der Waals surface area (Å²) in [6, 6.07) is 10.2. The highest BCUT2D eigenvalue weighted by atomic mass is 19.1. The molecular formula is C15H12FN3. The number of halogens is 1. The predicted octanol–water partition coefficient (Wildman–Crippen LogP) is 2.84. The summed E-state index contributed by atoms with van der Waals surface area (Å²) in [5, 5.41) is 0. The van der Waals surface area contributed by atoms with Crippen molar-refractivity contribution in [1.29, 1.82) is 0 Å². The van der Waals surface area contributed by atoms with Gasteiger partial charge in [0.15, 0.2) is 0 Å². The van der Waals surface area contributed by atoms with Crippen molar-refractivity contribution in [3.8, 4) is 0 Å². The molecule has 1 aromatic heterocycles. The van der Waals surface area contributed by atoms with E-state index in [0.717, 1.165) is 16.8 Å². The van der Waals surface area contributed by atoms with Crippen molar-refractivity contribution in [2.24, 2.45) is 9.98 Å². The molecule has 0 spiro atoms. The van der Waals surface area contributed by atoms with Crippen LogP contribution in [0.1, 0.15) is 17.2 Å². The third kappa shape index (κ3) is 2.57. The molecule has 0 bridgehead atoms. The van der Waals surface area contributed by atoms with Crippen molar-refractivity contribution in [3.63, 3.8) is 0 Å². The van der Waals surface area contributed by atoms with E-state index in [1.807, 2.05) is 12.1 Å². The number of pyridine rings is 1. The maximum atomic E-state index is 12.9. The molecule has 1 atom stereocenters. The van der Waals surface area contributed by atoms with Gasteiger partial charge in [0.2, 0.25) is 0 Å². The number of hydrogen-bond acceptors (Lipinski definition) is 3. The van der Waals surface area contributed by atoms with E-state index in [-0.39, 0.29) is 11.9 Å². The number of rotatable bonds is 2. The zero-order valence-electron chi connectivity index (χ0n) is 10.2. The minimum absolute atomic E-state index is 0.00746. The van der Waals surface area contributed by atoms with Crippen molar-refractivity contribution in [3.05, 3.63) is 65.7 Å². The zero-order chi connectivity index (χ0) is 13.1. The van der Waals surface area contributed by atoms with Crippen LogP contribution in [0.2, 0.25) is 0 Å². The van der Waals surface area contributed by atoms with E-state index in [2.05, 4.69) is 15.0 Å². The first kappa shape index (κ1) is 11.7. The Bertz CT molecular complexity index is 618. The SMILES string of the molecule is Fc1ccc(C2=NC(c3ccncc3)CN=C2)cc1.